The first kappa shape index (κ1) is 12.0. The number of para-hydroxylation sites is 1. The van der Waals surface area contributed by atoms with E-state index in [9.17, 15) is 0 Å². The molecule has 1 unspecified atom stereocenters. The van der Waals surface area contributed by atoms with E-state index in [-0.39, 0.29) is 6.04 Å². The lowest BCUT2D eigenvalue weighted by molar-refractivity contribution is 0.493. The number of benzene rings is 2. The molecule has 2 aromatic carbocycles. The zero-order chi connectivity index (χ0) is 13.2. The molecule has 0 fully saturated rings. The van der Waals surface area contributed by atoms with Crippen LogP contribution in [-0.2, 0) is 6.42 Å². The van der Waals surface area contributed by atoms with Crippen LogP contribution in [0.2, 0.25) is 0 Å². The molecule has 0 spiro atoms. The molecule has 96 valence electrons. The van der Waals surface area contributed by atoms with Gasteiger partial charge in [-0.05, 0) is 30.5 Å². The first-order valence-electron chi connectivity index (χ1n) is 6.52. The van der Waals surface area contributed by atoms with Crippen molar-refractivity contribution in [2.24, 2.45) is 5.73 Å². The third-order valence-electron chi connectivity index (χ3n) is 3.42. The van der Waals surface area contributed by atoms with Crippen LogP contribution in [0.25, 0.3) is 11.0 Å². The maximum Gasteiger partial charge on any atom is 0.137 e. The maximum absolute atomic E-state index is 6.25. The Morgan fingerprint density at radius 3 is 2.58 bits per heavy atom. The summed E-state index contributed by atoms with van der Waals surface area (Å²) in [4.78, 5) is 0. The minimum absolute atomic E-state index is 0.103. The summed E-state index contributed by atoms with van der Waals surface area (Å²) in [5.41, 5.74) is 9.57. The molecule has 0 radical (unpaired) electrons. The highest BCUT2D eigenvalue weighted by Gasteiger charge is 2.13. The Hall–Kier alpha value is -2.06. The van der Waals surface area contributed by atoms with Crippen LogP contribution in [0.4, 0.5) is 0 Å². The molecule has 0 aliphatic carbocycles. The van der Waals surface area contributed by atoms with Crippen LogP contribution in [0, 0.1) is 6.92 Å². The standard InChI is InChI=1S/C17H17NO/c1-12-6-5-9-14-11-16(19-17(12)14)15(18)10-13-7-3-2-4-8-13/h2-9,11,15H,10,18H2,1H3. The fourth-order valence-electron chi connectivity index (χ4n) is 2.38. The van der Waals surface area contributed by atoms with Crippen molar-refractivity contribution < 1.29 is 4.42 Å². The van der Waals surface area contributed by atoms with Crippen LogP contribution in [0.3, 0.4) is 0 Å². The number of aryl methyl sites for hydroxylation is 1. The van der Waals surface area contributed by atoms with Gasteiger partial charge in [0, 0.05) is 5.39 Å². The average molecular weight is 251 g/mol. The van der Waals surface area contributed by atoms with E-state index in [0.717, 1.165) is 28.7 Å². The SMILES string of the molecule is Cc1cccc2cc(C(N)Cc3ccccc3)oc12. The van der Waals surface area contributed by atoms with E-state index < -0.39 is 0 Å². The number of rotatable bonds is 3. The van der Waals surface area contributed by atoms with Crippen LogP contribution < -0.4 is 5.73 Å². The topological polar surface area (TPSA) is 39.2 Å². The molecule has 1 heterocycles. The van der Waals surface area contributed by atoms with Gasteiger partial charge in [0.15, 0.2) is 0 Å². The molecule has 2 N–H and O–H groups in total. The Bertz CT molecular complexity index is 685. The highest BCUT2D eigenvalue weighted by atomic mass is 16.3. The monoisotopic (exact) mass is 251 g/mol. The predicted octanol–water partition coefficient (Wildman–Crippen LogP) is 3.98. The van der Waals surface area contributed by atoms with Crippen LogP contribution in [0.5, 0.6) is 0 Å². The summed E-state index contributed by atoms with van der Waals surface area (Å²) in [6, 6.07) is 18.4. The second kappa shape index (κ2) is 4.90. The first-order valence-corrected chi connectivity index (χ1v) is 6.52. The zero-order valence-corrected chi connectivity index (χ0v) is 11.0. The largest absolute Gasteiger partial charge is 0.459 e. The van der Waals surface area contributed by atoms with Crippen LogP contribution >= 0.6 is 0 Å². The molecule has 19 heavy (non-hydrogen) atoms. The molecule has 1 atom stereocenters. The van der Waals surface area contributed by atoms with Gasteiger partial charge in [-0.25, -0.2) is 0 Å². The van der Waals surface area contributed by atoms with E-state index in [1.807, 2.05) is 24.3 Å². The quantitative estimate of drug-likeness (QED) is 0.764. The molecule has 3 aromatic rings. The maximum atomic E-state index is 6.25. The second-order valence-corrected chi connectivity index (χ2v) is 4.94. The van der Waals surface area contributed by atoms with Crippen molar-refractivity contribution in [3.8, 4) is 0 Å². The highest BCUT2D eigenvalue weighted by molar-refractivity contribution is 5.81. The van der Waals surface area contributed by atoms with Gasteiger partial charge < -0.3 is 10.2 Å². The molecule has 2 nitrogen and oxygen atoms in total. The number of hydrogen-bond acceptors (Lipinski definition) is 2. The first-order chi connectivity index (χ1) is 9.24. The second-order valence-electron chi connectivity index (χ2n) is 4.94. The summed E-state index contributed by atoms with van der Waals surface area (Å²) in [5.74, 6) is 0.855. The minimum atomic E-state index is -0.103. The molecular weight excluding hydrogens is 234 g/mol. The molecule has 0 bridgehead atoms. The number of fused-ring (bicyclic) bond motifs is 1. The number of furan rings is 1. The van der Waals surface area contributed by atoms with Gasteiger partial charge in [-0.1, -0.05) is 48.5 Å². The van der Waals surface area contributed by atoms with Gasteiger partial charge in [0.25, 0.3) is 0 Å². The molecule has 0 saturated carbocycles. The third kappa shape index (κ3) is 2.40. The lowest BCUT2D eigenvalue weighted by atomic mass is 10.0. The predicted molar refractivity (Wildman–Crippen MR) is 78.0 cm³/mol. The van der Waals surface area contributed by atoms with Crippen molar-refractivity contribution in [1.29, 1.82) is 0 Å². The summed E-state index contributed by atoms with van der Waals surface area (Å²) >= 11 is 0. The van der Waals surface area contributed by atoms with Crippen LogP contribution in [-0.4, -0.2) is 0 Å². The van der Waals surface area contributed by atoms with Gasteiger partial charge in [-0.15, -0.1) is 0 Å². The van der Waals surface area contributed by atoms with E-state index in [4.69, 9.17) is 10.2 Å². The van der Waals surface area contributed by atoms with Gasteiger partial charge >= 0.3 is 0 Å². The van der Waals surface area contributed by atoms with E-state index in [1.165, 1.54) is 5.56 Å². The van der Waals surface area contributed by atoms with Crippen molar-refractivity contribution >= 4 is 11.0 Å². The minimum Gasteiger partial charge on any atom is -0.459 e. The van der Waals surface area contributed by atoms with E-state index in [1.54, 1.807) is 0 Å². The van der Waals surface area contributed by atoms with Crippen molar-refractivity contribution in [2.75, 3.05) is 0 Å². The molecule has 0 aliphatic rings. The summed E-state index contributed by atoms with van der Waals surface area (Å²) < 4.78 is 5.91. The van der Waals surface area contributed by atoms with Crippen molar-refractivity contribution in [2.45, 2.75) is 19.4 Å². The van der Waals surface area contributed by atoms with Gasteiger partial charge in [0.2, 0.25) is 0 Å². The summed E-state index contributed by atoms with van der Waals surface area (Å²) in [7, 11) is 0. The van der Waals surface area contributed by atoms with Gasteiger partial charge in [0.05, 0.1) is 6.04 Å². The van der Waals surface area contributed by atoms with Gasteiger partial charge in [-0.2, -0.15) is 0 Å². The molecule has 0 amide bonds. The van der Waals surface area contributed by atoms with Crippen molar-refractivity contribution in [3.05, 3.63) is 71.5 Å². The Morgan fingerprint density at radius 2 is 1.84 bits per heavy atom. The number of hydrogen-bond donors (Lipinski definition) is 1. The molecule has 3 rings (SSSR count). The van der Waals surface area contributed by atoms with Crippen LogP contribution in [0.15, 0.2) is 59.0 Å². The third-order valence-corrected chi connectivity index (χ3v) is 3.42. The van der Waals surface area contributed by atoms with Crippen LogP contribution in [0.1, 0.15) is 22.9 Å². The van der Waals surface area contributed by atoms with Crippen molar-refractivity contribution in [3.63, 3.8) is 0 Å². The zero-order valence-electron chi connectivity index (χ0n) is 11.0. The molecular formula is C17H17NO. The van der Waals surface area contributed by atoms with Crippen molar-refractivity contribution in [1.82, 2.24) is 0 Å². The van der Waals surface area contributed by atoms with Gasteiger partial charge in [0.1, 0.15) is 11.3 Å². The van der Waals surface area contributed by atoms with E-state index in [0.29, 0.717) is 0 Å². The fraction of sp³-hybridized carbons (Fsp3) is 0.176. The highest BCUT2D eigenvalue weighted by Crippen LogP contribution is 2.26. The Morgan fingerprint density at radius 1 is 1.05 bits per heavy atom. The molecule has 2 heteroatoms. The van der Waals surface area contributed by atoms with E-state index >= 15 is 0 Å². The Balaban J connectivity index is 1.89. The molecule has 1 aromatic heterocycles. The smallest absolute Gasteiger partial charge is 0.137 e. The summed E-state index contributed by atoms with van der Waals surface area (Å²) in [6.45, 7) is 2.05. The van der Waals surface area contributed by atoms with Gasteiger partial charge in [-0.3, -0.25) is 0 Å². The average Bonchev–Trinajstić information content (AvgIpc) is 2.85. The molecule has 0 saturated heterocycles. The lowest BCUT2D eigenvalue weighted by Crippen LogP contribution is -2.12. The summed E-state index contributed by atoms with van der Waals surface area (Å²) in [6.07, 6.45) is 0.791. The Labute approximate surface area is 112 Å². The number of nitrogens with two attached hydrogens (primary N) is 1. The normalized spacial score (nSPS) is 12.7. The molecule has 0 aliphatic heterocycles. The fourth-order valence-corrected chi connectivity index (χ4v) is 2.38. The Kier molecular flexibility index (Phi) is 3.10. The lowest BCUT2D eigenvalue weighted by Gasteiger charge is -2.08. The van der Waals surface area contributed by atoms with E-state index in [2.05, 4.69) is 37.3 Å². The summed E-state index contributed by atoms with van der Waals surface area (Å²) in [5, 5.41) is 1.12.